The van der Waals surface area contributed by atoms with E-state index in [2.05, 4.69) is 55.9 Å². The summed E-state index contributed by atoms with van der Waals surface area (Å²) < 4.78 is 176. The van der Waals surface area contributed by atoms with Crippen LogP contribution in [-0.4, -0.2) is 14.1 Å². The SMILES string of the molecule is [2H]c1c([2H])c([2H])c(-c2cc(-c3c([2H])c(-c4c([2H])c([2H])c([2H])c([2H])c4[2H])c([2H])c(-c4c([2H])c([2H])c([2H])c([2H])c4[2H])c3[2H])c(-[n+]3[c-]n(-c4[c-]c(Oc5[c-]c6c(cc5)c5ccccc5n6-c5cc(C(C)(C)C)ccn5)ccc4)c4ccccc43)c(C(C)(C)C)c2)c([2H])c1[2H].[Pt]. The number of benzene rings is 9. The van der Waals surface area contributed by atoms with Gasteiger partial charge in [0.15, 0.2) is 0 Å². The molecule has 6 heteroatoms. The summed E-state index contributed by atoms with van der Waals surface area (Å²) in [4.78, 5) is 4.82. The van der Waals surface area contributed by atoms with Gasteiger partial charge < -0.3 is 13.9 Å². The predicted octanol–water partition coefficient (Wildman–Crippen LogP) is 16.9. The Bertz CT molecular complexity index is 4940. The minimum absolute atomic E-state index is 0. The van der Waals surface area contributed by atoms with Crippen LogP contribution in [0.3, 0.4) is 0 Å². The maximum absolute atomic E-state index is 10.3. The molecule has 3 heterocycles. The maximum atomic E-state index is 10.3. The molecule has 364 valence electrons. The van der Waals surface area contributed by atoms with Gasteiger partial charge in [-0.05, 0) is 120 Å². The molecule has 0 aliphatic heterocycles. The molecule has 0 amide bonds. The molecule has 0 spiro atoms. The van der Waals surface area contributed by atoms with Crippen molar-refractivity contribution in [3.05, 3.63) is 248 Å². The summed E-state index contributed by atoms with van der Waals surface area (Å²) in [5, 5.41) is 1.93. The van der Waals surface area contributed by atoms with Crippen molar-refractivity contribution in [3.8, 4) is 73.2 Å². The number of nitrogens with zero attached hydrogens (tertiary/aromatic N) is 4. The minimum atomic E-state index is -1.02. The fourth-order valence-electron chi connectivity index (χ4n) is 9.11. The van der Waals surface area contributed by atoms with E-state index in [1.807, 2.05) is 63.2 Å². The Morgan fingerprint density at radius 3 is 1.81 bits per heavy atom. The second kappa shape index (κ2) is 19.4. The van der Waals surface area contributed by atoms with E-state index in [0.717, 1.165) is 27.4 Å². The first kappa shape index (κ1) is 31.5. The fourth-order valence-corrected chi connectivity index (χ4v) is 9.11. The predicted molar refractivity (Wildman–Crippen MR) is 299 cm³/mol. The Hall–Kier alpha value is -8.11. The van der Waals surface area contributed by atoms with Gasteiger partial charge in [-0.1, -0.05) is 186 Å². The Balaban J connectivity index is 0.00000867. The number of para-hydroxylation sites is 3. The van der Waals surface area contributed by atoms with Crippen molar-refractivity contribution >= 4 is 32.8 Å². The average molecular weight is 1160 g/mol. The molecule has 0 aliphatic carbocycles. The Morgan fingerprint density at radius 1 is 0.541 bits per heavy atom. The zero-order valence-corrected chi connectivity index (χ0v) is 43.2. The van der Waals surface area contributed by atoms with Crippen molar-refractivity contribution < 1.29 is 55.0 Å². The topological polar surface area (TPSA) is 35.9 Å². The molecule has 3 aromatic heterocycles. The van der Waals surface area contributed by atoms with E-state index < -0.39 is 142 Å². The van der Waals surface area contributed by atoms with Crippen molar-refractivity contribution in [2.24, 2.45) is 0 Å². The van der Waals surface area contributed by atoms with Gasteiger partial charge in [0, 0.05) is 44.3 Å². The normalized spacial score (nSPS) is 15.2. The van der Waals surface area contributed by atoms with Crippen LogP contribution in [0, 0.1) is 18.5 Å². The van der Waals surface area contributed by atoms with Crippen LogP contribution in [0.4, 0.5) is 0 Å². The standard InChI is InChI=1S/C68H54N4O.Pt/c1-67(2,3)53-35-36-69-65(42-53)72-61-30-17-16-29-57(61)58-34-33-56(44-64(58)72)73-55-28-20-27-54(43-55)70-45-71(63-32-19-18-31-62(63)70)66-59(40-51(41-60(66)68(4,5)6)48-25-14-9-15-26-48)52-38-49(46-21-10-7-11-22-46)37-50(39-52)47-23-12-8-13-24-47;/h7-42H,1-6H3;/q-2;/i7D,8D,9D,10D,11D,12D,13D,14D,15D,21D,22D,23D,24D,25D,26D,37D,38D,39D;. The van der Waals surface area contributed by atoms with Crippen molar-refractivity contribution in [1.82, 2.24) is 14.1 Å². The summed E-state index contributed by atoms with van der Waals surface area (Å²) in [6.07, 6.45) is 5.30. The summed E-state index contributed by atoms with van der Waals surface area (Å²) in [5.74, 6) is 1.36. The van der Waals surface area contributed by atoms with Crippen LogP contribution in [0.15, 0.2) is 218 Å². The summed E-state index contributed by atoms with van der Waals surface area (Å²) in [5.41, 5.74) is -0.00915. The zero-order chi connectivity index (χ0) is 65.5. The van der Waals surface area contributed by atoms with Crippen LogP contribution < -0.4 is 9.30 Å². The molecule has 0 saturated heterocycles. The van der Waals surface area contributed by atoms with Crippen LogP contribution >= 0.6 is 0 Å². The Morgan fingerprint density at radius 2 is 1.15 bits per heavy atom. The summed E-state index contributed by atoms with van der Waals surface area (Å²) in [6, 6.07) is 24.4. The molecule has 0 radical (unpaired) electrons. The molecule has 0 N–H and O–H groups in total. The van der Waals surface area contributed by atoms with Crippen molar-refractivity contribution in [2.75, 3.05) is 0 Å². The second-order valence-corrected chi connectivity index (χ2v) is 19.5. The fraction of sp³-hybridized carbons (Fsp3) is 0.118. The first-order chi connectivity index (χ1) is 42.9. The average Bonchev–Trinajstić information content (AvgIpc) is 0.784. The van der Waals surface area contributed by atoms with Gasteiger partial charge in [-0.2, -0.15) is 18.2 Å². The van der Waals surface area contributed by atoms with Crippen molar-refractivity contribution in [2.45, 2.75) is 52.4 Å². The largest absolute Gasteiger partial charge is 0.510 e. The maximum Gasteiger partial charge on any atom is 0.268 e. The zero-order valence-electron chi connectivity index (χ0n) is 58.9. The smallest absolute Gasteiger partial charge is 0.268 e. The molecule has 0 unspecified atom stereocenters. The molecule has 0 bridgehead atoms. The molecule has 0 aliphatic rings. The summed E-state index contributed by atoms with van der Waals surface area (Å²) >= 11 is 0. The van der Waals surface area contributed by atoms with E-state index in [-0.39, 0.29) is 54.6 Å². The van der Waals surface area contributed by atoms with Gasteiger partial charge in [0.2, 0.25) is 0 Å². The Kier molecular flexibility index (Phi) is 8.24. The number of ether oxygens (including phenoxy) is 1. The van der Waals surface area contributed by atoms with E-state index in [0.29, 0.717) is 33.9 Å². The van der Waals surface area contributed by atoms with Crippen molar-refractivity contribution in [1.29, 1.82) is 0 Å². The molecule has 74 heavy (non-hydrogen) atoms. The number of aromatic nitrogens is 4. The molecular weight excluding hydrogens is 1080 g/mol. The molecule has 5 nitrogen and oxygen atoms in total. The molecule has 12 rings (SSSR count). The first-order valence-corrected chi connectivity index (χ1v) is 23.6. The number of imidazole rings is 1. The number of pyridine rings is 1. The van der Waals surface area contributed by atoms with Gasteiger partial charge in [0.25, 0.3) is 6.33 Å². The molecule has 0 fully saturated rings. The van der Waals surface area contributed by atoms with Gasteiger partial charge in [0.1, 0.15) is 5.82 Å². The number of fused-ring (bicyclic) bond motifs is 4. The van der Waals surface area contributed by atoms with Gasteiger partial charge in [-0.15, -0.1) is 29.7 Å². The quantitative estimate of drug-likeness (QED) is 0.107. The molecule has 12 aromatic rings. The van der Waals surface area contributed by atoms with Crippen LogP contribution in [0.25, 0.3) is 94.5 Å². The van der Waals surface area contributed by atoms with E-state index in [9.17, 15) is 12.3 Å². The van der Waals surface area contributed by atoms with Crippen LogP contribution in [0.5, 0.6) is 11.5 Å². The molecule has 9 aromatic carbocycles. The van der Waals surface area contributed by atoms with Gasteiger partial charge >= 0.3 is 0 Å². The van der Waals surface area contributed by atoms with E-state index in [1.54, 1.807) is 57.8 Å². The third kappa shape index (κ3) is 9.07. The van der Waals surface area contributed by atoms with E-state index in [4.69, 9.17) is 22.1 Å². The van der Waals surface area contributed by atoms with Crippen LogP contribution in [0.1, 0.15) is 77.3 Å². The Labute approximate surface area is 473 Å². The van der Waals surface area contributed by atoms with Crippen LogP contribution in [0.2, 0.25) is 0 Å². The molecule has 0 atom stereocenters. The summed E-state index contributed by atoms with van der Waals surface area (Å²) in [7, 11) is 0. The van der Waals surface area contributed by atoms with E-state index >= 15 is 0 Å². The van der Waals surface area contributed by atoms with Gasteiger partial charge in [-0.25, -0.2) is 4.98 Å². The number of rotatable bonds is 9. The molecule has 0 saturated carbocycles. The second-order valence-electron chi connectivity index (χ2n) is 19.5. The number of hydrogen-bond acceptors (Lipinski definition) is 2. The number of hydrogen-bond donors (Lipinski definition) is 0. The summed E-state index contributed by atoms with van der Waals surface area (Å²) in [6.45, 7) is 12.0. The van der Waals surface area contributed by atoms with Crippen molar-refractivity contribution in [3.63, 3.8) is 0 Å². The van der Waals surface area contributed by atoms with Gasteiger partial charge in [-0.3, -0.25) is 4.57 Å². The van der Waals surface area contributed by atoms with Gasteiger partial charge in [0.05, 0.1) is 41.4 Å². The third-order valence-electron chi connectivity index (χ3n) is 12.6. The third-order valence-corrected chi connectivity index (χ3v) is 12.6. The van der Waals surface area contributed by atoms with E-state index in [1.165, 1.54) is 6.07 Å². The molecular formula is C68H54N4OPt-2. The monoisotopic (exact) mass is 1160 g/mol. The first-order valence-electron chi connectivity index (χ1n) is 32.6. The van der Waals surface area contributed by atoms with Crippen LogP contribution in [-0.2, 0) is 31.9 Å². The minimum Gasteiger partial charge on any atom is -0.510 e.